The van der Waals surface area contributed by atoms with Crippen LogP contribution in [0.3, 0.4) is 0 Å². The van der Waals surface area contributed by atoms with Gasteiger partial charge in [0.1, 0.15) is 6.33 Å². The van der Waals surface area contributed by atoms with Crippen LogP contribution in [0.15, 0.2) is 6.33 Å². The highest BCUT2D eigenvalue weighted by atomic mass is 16.5. The number of aromatic nitrogens is 2. The molecule has 1 rings (SSSR count). The smallest absolute Gasteiger partial charge is 0.262 e. The van der Waals surface area contributed by atoms with Gasteiger partial charge in [-0.2, -0.15) is 4.98 Å². The molecule has 84 valence electrons. The number of rotatable bonds is 5. The minimum atomic E-state index is 0.0586. The molecule has 5 nitrogen and oxygen atoms in total. The maximum absolute atomic E-state index is 5.51. The molecule has 0 fully saturated rings. The van der Waals surface area contributed by atoms with Gasteiger partial charge in [-0.25, -0.2) is 4.98 Å². The van der Waals surface area contributed by atoms with Gasteiger partial charge >= 0.3 is 0 Å². The Morgan fingerprint density at radius 1 is 1.40 bits per heavy atom. The first-order valence-corrected chi connectivity index (χ1v) is 4.98. The van der Waals surface area contributed by atoms with Crippen LogP contribution in [0.25, 0.3) is 0 Å². The van der Waals surface area contributed by atoms with Crippen molar-refractivity contribution in [3.63, 3.8) is 0 Å². The molecule has 1 aromatic rings. The second-order valence-corrected chi connectivity index (χ2v) is 3.26. The first-order chi connectivity index (χ1) is 7.19. The molecule has 0 amide bonds. The molecular weight excluding hydrogens is 194 g/mol. The minimum absolute atomic E-state index is 0.0586. The largest absolute Gasteiger partial charge is 0.489 e. The molecule has 15 heavy (non-hydrogen) atoms. The molecule has 1 N–H and O–H groups in total. The topological polar surface area (TPSA) is 56.3 Å². The van der Waals surface area contributed by atoms with E-state index in [-0.39, 0.29) is 6.10 Å². The standard InChI is InChI=1S/C10H17N3O2/c1-5-11-9-8(14-4)10(13-6-12-9)15-7(2)3/h6-7H,5H2,1-4H3,(H,11,12,13). The van der Waals surface area contributed by atoms with Gasteiger partial charge < -0.3 is 14.8 Å². The Kier molecular flexibility index (Phi) is 4.15. The molecule has 0 aliphatic carbocycles. The second kappa shape index (κ2) is 5.38. The zero-order valence-electron chi connectivity index (χ0n) is 9.57. The van der Waals surface area contributed by atoms with Gasteiger partial charge in [-0.3, -0.25) is 0 Å². The van der Waals surface area contributed by atoms with Gasteiger partial charge in [-0.05, 0) is 20.8 Å². The molecule has 0 aliphatic heterocycles. The van der Waals surface area contributed by atoms with Crippen molar-refractivity contribution in [1.29, 1.82) is 0 Å². The third-order valence-corrected chi connectivity index (χ3v) is 1.67. The summed E-state index contributed by atoms with van der Waals surface area (Å²) in [5, 5.41) is 3.08. The summed E-state index contributed by atoms with van der Waals surface area (Å²) in [4.78, 5) is 8.11. The van der Waals surface area contributed by atoms with Crippen LogP contribution in [0.4, 0.5) is 5.82 Å². The number of methoxy groups -OCH3 is 1. The van der Waals surface area contributed by atoms with Crippen molar-refractivity contribution in [2.24, 2.45) is 0 Å². The van der Waals surface area contributed by atoms with E-state index < -0.39 is 0 Å². The molecule has 0 aliphatic rings. The summed E-state index contributed by atoms with van der Waals surface area (Å²) in [5.74, 6) is 1.68. The van der Waals surface area contributed by atoms with Gasteiger partial charge in [-0.15, -0.1) is 0 Å². The van der Waals surface area contributed by atoms with E-state index in [1.165, 1.54) is 6.33 Å². The Morgan fingerprint density at radius 2 is 2.13 bits per heavy atom. The van der Waals surface area contributed by atoms with Gasteiger partial charge in [0.2, 0.25) is 5.75 Å². The second-order valence-electron chi connectivity index (χ2n) is 3.26. The first-order valence-electron chi connectivity index (χ1n) is 4.98. The summed E-state index contributed by atoms with van der Waals surface area (Å²) in [6, 6.07) is 0. The number of nitrogens with zero attached hydrogens (tertiary/aromatic N) is 2. The maximum Gasteiger partial charge on any atom is 0.262 e. The zero-order valence-corrected chi connectivity index (χ0v) is 9.57. The number of hydrogen-bond donors (Lipinski definition) is 1. The lowest BCUT2D eigenvalue weighted by Gasteiger charge is -2.14. The third kappa shape index (κ3) is 2.97. The summed E-state index contributed by atoms with van der Waals surface area (Å²) in [6.45, 7) is 6.64. The van der Waals surface area contributed by atoms with Crippen molar-refractivity contribution < 1.29 is 9.47 Å². The van der Waals surface area contributed by atoms with E-state index in [9.17, 15) is 0 Å². The molecule has 1 aromatic heterocycles. The van der Waals surface area contributed by atoms with Crippen molar-refractivity contribution in [3.05, 3.63) is 6.33 Å². The number of nitrogens with one attached hydrogen (secondary N) is 1. The normalized spacial score (nSPS) is 10.2. The summed E-state index contributed by atoms with van der Waals surface area (Å²) in [7, 11) is 1.58. The predicted molar refractivity (Wildman–Crippen MR) is 58.5 cm³/mol. The fourth-order valence-electron chi connectivity index (χ4n) is 1.14. The summed E-state index contributed by atoms with van der Waals surface area (Å²) in [5.41, 5.74) is 0. The molecule has 0 bridgehead atoms. The minimum Gasteiger partial charge on any atom is -0.489 e. The van der Waals surface area contributed by atoms with Crippen LogP contribution in [-0.4, -0.2) is 29.7 Å². The van der Waals surface area contributed by atoms with E-state index in [0.29, 0.717) is 17.4 Å². The van der Waals surface area contributed by atoms with Crippen LogP contribution in [0.2, 0.25) is 0 Å². The van der Waals surface area contributed by atoms with Crippen molar-refractivity contribution >= 4 is 5.82 Å². The first kappa shape index (κ1) is 11.6. The van der Waals surface area contributed by atoms with Crippen molar-refractivity contribution in [1.82, 2.24) is 9.97 Å². The maximum atomic E-state index is 5.51. The quantitative estimate of drug-likeness (QED) is 0.803. The van der Waals surface area contributed by atoms with Gasteiger partial charge in [0.05, 0.1) is 13.2 Å². The van der Waals surface area contributed by atoms with Crippen LogP contribution in [0, 0.1) is 0 Å². The van der Waals surface area contributed by atoms with Crippen molar-refractivity contribution in [3.8, 4) is 11.6 Å². The lowest BCUT2D eigenvalue weighted by atomic mass is 10.4. The fraction of sp³-hybridized carbons (Fsp3) is 0.600. The highest BCUT2D eigenvalue weighted by Gasteiger charge is 2.13. The monoisotopic (exact) mass is 211 g/mol. The summed E-state index contributed by atoms with van der Waals surface area (Å²) >= 11 is 0. The predicted octanol–water partition coefficient (Wildman–Crippen LogP) is 1.70. The van der Waals surface area contributed by atoms with Crippen molar-refractivity contribution in [2.75, 3.05) is 19.0 Å². The van der Waals surface area contributed by atoms with E-state index in [4.69, 9.17) is 9.47 Å². The SMILES string of the molecule is CCNc1ncnc(OC(C)C)c1OC. The fourth-order valence-corrected chi connectivity index (χ4v) is 1.14. The molecule has 0 radical (unpaired) electrons. The van der Waals surface area contributed by atoms with E-state index in [2.05, 4.69) is 15.3 Å². The van der Waals surface area contributed by atoms with Crippen LogP contribution in [0.5, 0.6) is 11.6 Å². The lowest BCUT2D eigenvalue weighted by Crippen LogP contribution is -2.10. The van der Waals surface area contributed by atoms with E-state index in [1.807, 2.05) is 20.8 Å². The van der Waals surface area contributed by atoms with E-state index >= 15 is 0 Å². The Bertz CT molecular complexity index is 316. The molecule has 1 heterocycles. The average Bonchev–Trinajstić information content (AvgIpc) is 2.18. The Balaban J connectivity index is 2.98. The zero-order chi connectivity index (χ0) is 11.3. The Labute approximate surface area is 89.8 Å². The van der Waals surface area contributed by atoms with Crippen LogP contribution >= 0.6 is 0 Å². The molecule has 0 saturated carbocycles. The average molecular weight is 211 g/mol. The van der Waals surface area contributed by atoms with Gasteiger partial charge in [-0.1, -0.05) is 0 Å². The Hall–Kier alpha value is -1.52. The van der Waals surface area contributed by atoms with Crippen LogP contribution in [0.1, 0.15) is 20.8 Å². The molecule has 0 aromatic carbocycles. The molecular formula is C10H17N3O2. The summed E-state index contributed by atoms with van der Waals surface area (Å²) in [6.07, 6.45) is 1.52. The lowest BCUT2D eigenvalue weighted by molar-refractivity contribution is 0.220. The Morgan fingerprint density at radius 3 is 2.67 bits per heavy atom. The third-order valence-electron chi connectivity index (χ3n) is 1.67. The molecule has 0 unspecified atom stereocenters. The molecule has 0 saturated heterocycles. The number of anilines is 1. The number of hydrogen-bond acceptors (Lipinski definition) is 5. The highest BCUT2D eigenvalue weighted by molar-refractivity contribution is 5.54. The van der Waals surface area contributed by atoms with Gasteiger partial charge in [0, 0.05) is 6.54 Å². The van der Waals surface area contributed by atoms with Crippen molar-refractivity contribution in [2.45, 2.75) is 26.9 Å². The van der Waals surface area contributed by atoms with Gasteiger partial charge in [0.25, 0.3) is 5.88 Å². The molecule has 0 atom stereocenters. The van der Waals surface area contributed by atoms with E-state index in [0.717, 1.165) is 6.54 Å². The van der Waals surface area contributed by atoms with Crippen LogP contribution in [-0.2, 0) is 0 Å². The van der Waals surface area contributed by atoms with E-state index in [1.54, 1.807) is 7.11 Å². The molecule has 5 heteroatoms. The highest BCUT2D eigenvalue weighted by Crippen LogP contribution is 2.31. The van der Waals surface area contributed by atoms with Gasteiger partial charge in [0.15, 0.2) is 5.82 Å². The summed E-state index contributed by atoms with van der Waals surface area (Å²) < 4.78 is 10.7. The number of ether oxygens (including phenoxy) is 2. The van der Waals surface area contributed by atoms with Crippen LogP contribution < -0.4 is 14.8 Å². The molecule has 0 spiro atoms.